The van der Waals surface area contributed by atoms with Crippen molar-refractivity contribution in [2.45, 2.75) is 25.9 Å². The molecule has 0 aromatic rings. The molecule has 0 fully saturated rings. The summed E-state index contributed by atoms with van der Waals surface area (Å²) in [6.45, 7) is 2.49. The molecule has 0 aromatic carbocycles. The van der Waals surface area contributed by atoms with Crippen LogP contribution in [0, 0.1) is 0 Å². The first-order valence-electron chi connectivity index (χ1n) is 3.96. The first-order valence-corrected chi connectivity index (χ1v) is 5.46. The van der Waals surface area contributed by atoms with E-state index in [0.717, 1.165) is 0 Å². The fraction of sp³-hybridized carbons (Fsp3) is 0.667. The molecule has 8 nitrogen and oxygen atoms in total. The summed E-state index contributed by atoms with van der Waals surface area (Å²) in [7, 11) is -4.77. The Kier molecular flexibility index (Phi) is 4.89. The van der Waals surface area contributed by atoms with E-state index >= 15 is 0 Å². The molecule has 5 N–H and O–H groups in total. The third-order valence-corrected chi connectivity index (χ3v) is 1.98. The van der Waals surface area contributed by atoms with Crippen molar-refractivity contribution in [1.29, 1.82) is 0 Å². The van der Waals surface area contributed by atoms with Crippen molar-refractivity contribution in [2.75, 3.05) is 0 Å². The van der Waals surface area contributed by atoms with Gasteiger partial charge in [0.15, 0.2) is 0 Å². The summed E-state index contributed by atoms with van der Waals surface area (Å²) in [6, 6.07) is -2.20. The van der Waals surface area contributed by atoms with Gasteiger partial charge in [0, 0.05) is 0 Å². The second-order valence-corrected chi connectivity index (χ2v) is 4.17. The van der Waals surface area contributed by atoms with Crippen LogP contribution >= 0.6 is 7.82 Å². The Morgan fingerprint density at radius 3 is 1.60 bits per heavy atom. The zero-order valence-electron chi connectivity index (χ0n) is 8.25. The zero-order valence-corrected chi connectivity index (χ0v) is 9.14. The number of carbonyl (C=O) groups excluding carboxylic acids is 2. The van der Waals surface area contributed by atoms with Crippen LogP contribution in [-0.4, -0.2) is 28.9 Å². The van der Waals surface area contributed by atoms with E-state index in [0.29, 0.717) is 0 Å². The van der Waals surface area contributed by atoms with E-state index in [-0.39, 0.29) is 0 Å². The highest BCUT2D eigenvalue weighted by molar-refractivity contribution is 7.48. The molecular weight excluding hydrogens is 227 g/mol. The van der Waals surface area contributed by atoms with Crippen LogP contribution in [0.5, 0.6) is 0 Å². The van der Waals surface area contributed by atoms with Gasteiger partial charge in [0.05, 0.1) is 0 Å². The highest BCUT2D eigenvalue weighted by Crippen LogP contribution is 2.43. The first-order chi connectivity index (χ1) is 6.65. The molecule has 15 heavy (non-hydrogen) atoms. The Labute approximate surface area is 86.1 Å². The molecule has 0 aliphatic carbocycles. The van der Waals surface area contributed by atoms with Gasteiger partial charge < -0.3 is 20.5 Å². The average molecular weight is 240 g/mol. The zero-order chi connectivity index (χ0) is 12.2. The maximum Gasteiger partial charge on any atom is 0.589 e. The predicted octanol–water partition coefficient (Wildman–Crippen LogP) is -1.13. The molecule has 0 aliphatic rings. The summed E-state index contributed by atoms with van der Waals surface area (Å²) in [5.41, 5.74) is 10.1. The van der Waals surface area contributed by atoms with E-state index in [9.17, 15) is 14.2 Å². The van der Waals surface area contributed by atoms with Crippen molar-refractivity contribution in [3.8, 4) is 0 Å². The maximum absolute atomic E-state index is 11.0. The molecule has 0 rings (SSSR count). The summed E-state index contributed by atoms with van der Waals surface area (Å²) < 4.78 is 18.9. The highest BCUT2D eigenvalue weighted by atomic mass is 31.2. The molecule has 0 aromatic heterocycles. The molecule has 0 bridgehead atoms. The predicted molar refractivity (Wildman–Crippen MR) is 49.3 cm³/mol. The van der Waals surface area contributed by atoms with Crippen LogP contribution in [0.2, 0.25) is 0 Å². The first kappa shape index (κ1) is 14.1. The molecule has 0 unspecified atom stereocenters. The lowest BCUT2D eigenvalue weighted by molar-refractivity contribution is -0.141. The summed E-state index contributed by atoms with van der Waals surface area (Å²) in [4.78, 5) is 30.5. The Bertz CT molecular complexity index is 276. The fourth-order valence-electron chi connectivity index (χ4n) is 0.412. The van der Waals surface area contributed by atoms with Crippen LogP contribution in [0.15, 0.2) is 0 Å². The van der Waals surface area contributed by atoms with Gasteiger partial charge in [0.2, 0.25) is 0 Å². The Morgan fingerprint density at radius 2 is 1.40 bits per heavy atom. The second kappa shape index (κ2) is 5.22. The fourth-order valence-corrected chi connectivity index (χ4v) is 1.24. The Hall–Kier alpha value is -0.950. The van der Waals surface area contributed by atoms with Gasteiger partial charge in [-0.1, -0.05) is 0 Å². The van der Waals surface area contributed by atoms with Gasteiger partial charge in [-0.05, 0) is 13.8 Å². The van der Waals surface area contributed by atoms with Gasteiger partial charge in [0.25, 0.3) is 0 Å². The second-order valence-electron chi connectivity index (χ2n) is 2.87. The summed E-state index contributed by atoms with van der Waals surface area (Å²) in [5, 5.41) is 0. The van der Waals surface area contributed by atoms with E-state index in [1.807, 2.05) is 0 Å². The van der Waals surface area contributed by atoms with E-state index in [2.05, 4.69) is 9.05 Å². The normalized spacial score (nSPS) is 15.3. The number of phosphoric ester groups is 1. The molecule has 0 aliphatic heterocycles. The number of carbonyl (C=O) groups is 2. The summed E-state index contributed by atoms with van der Waals surface area (Å²) in [5.74, 6) is -2.31. The maximum atomic E-state index is 11.0. The van der Waals surface area contributed by atoms with Crippen LogP contribution in [0.3, 0.4) is 0 Å². The van der Waals surface area contributed by atoms with E-state index < -0.39 is 31.8 Å². The lowest BCUT2D eigenvalue weighted by Crippen LogP contribution is -2.31. The van der Waals surface area contributed by atoms with Crippen molar-refractivity contribution >= 4 is 19.8 Å². The Balaban J connectivity index is 4.38. The third kappa shape index (κ3) is 5.48. The molecule has 0 heterocycles. The highest BCUT2D eigenvalue weighted by Gasteiger charge is 2.32. The van der Waals surface area contributed by atoms with Gasteiger partial charge in [-0.25, -0.2) is 14.2 Å². The molecule has 0 saturated heterocycles. The van der Waals surface area contributed by atoms with E-state index in [1.54, 1.807) is 0 Å². The van der Waals surface area contributed by atoms with E-state index in [1.165, 1.54) is 13.8 Å². The van der Waals surface area contributed by atoms with Gasteiger partial charge in [0.1, 0.15) is 12.1 Å². The summed E-state index contributed by atoms with van der Waals surface area (Å²) >= 11 is 0. The molecule has 0 saturated carbocycles. The number of nitrogens with two attached hydrogens (primary N) is 2. The van der Waals surface area contributed by atoms with Gasteiger partial charge in [-0.3, -0.25) is 4.89 Å². The van der Waals surface area contributed by atoms with Crippen LogP contribution < -0.4 is 11.5 Å². The lowest BCUT2D eigenvalue weighted by atomic mass is 10.4. The smallest absolute Gasteiger partial charge is 0.360 e. The SMILES string of the molecule is C[C@H](N)C(=O)OP(=O)(O)OC(=O)[C@H](C)N. The van der Waals surface area contributed by atoms with Crippen molar-refractivity contribution in [1.82, 2.24) is 0 Å². The number of rotatable bonds is 4. The standard InChI is InChI=1S/C6H13N2O6P/c1-3(7)5(9)13-15(11,12)14-6(10)4(2)8/h3-4H,7-8H2,1-2H3,(H,11,12)/t3-,4-/m0/s1. The van der Waals surface area contributed by atoms with Crippen LogP contribution in [0.4, 0.5) is 0 Å². The molecule has 2 atom stereocenters. The minimum atomic E-state index is -4.77. The Morgan fingerprint density at radius 1 is 1.13 bits per heavy atom. The largest absolute Gasteiger partial charge is 0.589 e. The molecule has 9 heteroatoms. The van der Waals surface area contributed by atoms with Gasteiger partial charge in [-0.2, -0.15) is 0 Å². The van der Waals surface area contributed by atoms with Crippen LogP contribution in [-0.2, 0) is 23.2 Å². The topological polar surface area (TPSA) is 142 Å². The molecule has 0 radical (unpaired) electrons. The van der Waals surface area contributed by atoms with Crippen LogP contribution in [0.1, 0.15) is 13.8 Å². The molecule has 0 amide bonds. The van der Waals surface area contributed by atoms with Gasteiger partial charge in [-0.15, -0.1) is 0 Å². The van der Waals surface area contributed by atoms with Crippen molar-refractivity contribution < 1.29 is 28.1 Å². The van der Waals surface area contributed by atoms with Crippen molar-refractivity contribution in [3.63, 3.8) is 0 Å². The lowest BCUT2D eigenvalue weighted by Gasteiger charge is -2.13. The van der Waals surface area contributed by atoms with Crippen molar-refractivity contribution in [3.05, 3.63) is 0 Å². The van der Waals surface area contributed by atoms with Crippen molar-refractivity contribution in [2.24, 2.45) is 11.5 Å². The minimum Gasteiger partial charge on any atom is -0.360 e. The monoisotopic (exact) mass is 240 g/mol. The molecular formula is C6H13N2O6P. The number of phosphoric acid groups is 1. The number of hydrogen-bond acceptors (Lipinski definition) is 7. The third-order valence-electron chi connectivity index (χ3n) is 1.15. The molecule has 88 valence electrons. The van der Waals surface area contributed by atoms with E-state index in [4.69, 9.17) is 16.4 Å². The minimum absolute atomic E-state index is 1.10. The molecule has 0 spiro atoms. The number of hydrogen-bond donors (Lipinski definition) is 3. The average Bonchev–Trinajstić information content (AvgIpc) is 2.01. The van der Waals surface area contributed by atoms with Crippen LogP contribution in [0.25, 0.3) is 0 Å². The summed E-state index contributed by atoms with van der Waals surface area (Å²) in [6.07, 6.45) is 0. The van der Waals surface area contributed by atoms with Gasteiger partial charge >= 0.3 is 19.8 Å². The quantitative estimate of drug-likeness (QED) is 0.524.